The first kappa shape index (κ1) is 16.8. The zero-order valence-corrected chi connectivity index (χ0v) is 15.2. The molecule has 1 aromatic rings. The summed E-state index contributed by atoms with van der Waals surface area (Å²) in [5.41, 5.74) is 0. The Morgan fingerprint density at radius 1 is 1.28 bits per heavy atom. The number of hydrogen-bond acceptors (Lipinski definition) is 6. The average Bonchev–Trinajstić information content (AvgIpc) is 3.00. The third-order valence-corrected chi connectivity index (χ3v) is 6.67. The molecular formula is C16H24N6O2S. The lowest BCUT2D eigenvalue weighted by atomic mass is 9.84. The van der Waals surface area contributed by atoms with Crippen LogP contribution in [0.1, 0.15) is 51.5 Å². The van der Waals surface area contributed by atoms with E-state index in [0.29, 0.717) is 17.1 Å². The number of nitrogens with one attached hydrogen (secondary N) is 2. The first-order chi connectivity index (χ1) is 12.1. The Kier molecular flexibility index (Phi) is 4.66. The van der Waals surface area contributed by atoms with Gasteiger partial charge < -0.3 is 5.32 Å². The molecule has 2 bridgehead atoms. The molecule has 4 rings (SSSR count). The quantitative estimate of drug-likeness (QED) is 0.746. The van der Waals surface area contributed by atoms with Crippen molar-refractivity contribution in [3.05, 3.63) is 0 Å². The molecule has 0 spiro atoms. The van der Waals surface area contributed by atoms with Crippen LogP contribution < -0.4 is 10.6 Å². The summed E-state index contributed by atoms with van der Waals surface area (Å²) in [5, 5.41) is 17.5. The van der Waals surface area contributed by atoms with Crippen LogP contribution in [0.2, 0.25) is 0 Å². The van der Waals surface area contributed by atoms with Gasteiger partial charge in [0.05, 0.1) is 11.8 Å². The van der Waals surface area contributed by atoms with Crippen LogP contribution in [0, 0.1) is 17.8 Å². The van der Waals surface area contributed by atoms with Crippen LogP contribution in [0.4, 0.5) is 4.79 Å². The molecule has 9 heteroatoms. The molecule has 0 aliphatic heterocycles. The maximum absolute atomic E-state index is 12.1. The van der Waals surface area contributed by atoms with Crippen molar-refractivity contribution >= 4 is 23.7 Å². The van der Waals surface area contributed by atoms with Gasteiger partial charge in [0.25, 0.3) is 0 Å². The van der Waals surface area contributed by atoms with Crippen LogP contribution in [-0.4, -0.2) is 43.9 Å². The van der Waals surface area contributed by atoms with E-state index in [1.54, 1.807) is 4.68 Å². The molecule has 3 saturated carbocycles. The highest BCUT2D eigenvalue weighted by molar-refractivity contribution is 7.99. The largest absolute Gasteiger partial charge is 0.335 e. The number of urea groups is 1. The van der Waals surface area contributed by atoms with Crippen molar-refractivity contribution in [2.45, 2.75) is 62.7 Å². The number of nitrogens with zero attached hydrogens (tertiary/aromatic N) is 4. The molecule has 0 unspecified atom stereocenters. The summed E-state index contributed by atoms with van der Waals surface area (Å²) < 4.78 is 1.76. The Morgan fingerprint density at radius 2 is 2.12 bits per heavy atom. The monoisotopic (exact) mass is 364 g/mol. The second-order valence-electron chi connectivity index (χ2n) is 7.57. The minimum atomic E-state index is -0.400. The van der Waals surface area contributed by atoms with Crippen molar-refractivity contribution in [2.75, 3.05) is 5.75 Å². The molecule has 3 amide bonds. The molecule has 4 atom stereocenters. The maximum atomic E-state index is 12.1. The van der Waals surface area contributed by atoms with Gasteiger partial charge in [-0.05, 0) is 67.2 Å². The maximum Gasteiger partial charge on any atom is 0.321 e. The fourth-order valence-corrected chi connectivity index (χ4v) is 5.12. The van der Waals surface area contributed by atoms with Crippen LogP contribution in [0.3, 0.4) is 0 Å². The number of aromatic nitrogens is 4. The van der Waals surface area contributed by atoms with Crippen LogP contribution in [0.25, 0.3) is 0 Å². The van der Waals surface area contributed by atoms with Gasteiger partial charge in [0, 0.05) is 6.04 Å². The second-order valence-corrected chi connectivity index (χ2v) is 8.52. The van der Waals surface area contributed by atoms with Gasteiger partial charge in [0.1, 0.15) is 0 Å². The number of imide groups is 1. The number of thioether (sulfide) groups is 1. The highest BCUT2D eigenvalue weighted by atomic mass is 32.2. The molecule has 0 aromatic carbocycles. The topological polar surface area (TPSA) is 102 Å². The molecule has 1 aromatic heterocycles. The number of tetrazole rings is 1. The number of hydrogen-bond donors (Lipinski definition) is 2. The first-order valence-corrected chi connectivity index (χ1v) is 10.1. The van der Waals surface area contributed by atoms with Crippen molar-refractivity contribution in [3.8, 4) is 0 Å². The van der Waals surface area contributed by atoms with Crippen molar-refractivity contribution in [3.63, 3.8) is 0 Å². The van der Waals surface area contributed by atoms with E-state index < -0.39 is 6.03 Å². The summed E-state index contributed by atoms with van der Waals surface area (Å²) in [6.07, 6.45) is 7.30. The normalized spacial score (nSPS) is 28.8. The molecule has 0 radical (unpaired) electrons. The number of fused-ring (bicyclic) bond motifs is 2. The third-order valence-electron chi connectivity index (χ3n) is 5.73. The van der Waals surface area contributed by atoms with E-state index >= 15 is 0 Å². The number of amides is 3. The molecule has 8 nitrogen and oxygen atoms in total. The molecule has 0 saturated heterocycles. The lowest BCUT2D eigenvalue weighted by molar-refractivity contribution is -0.117. The van der Waals surface area contributed by atoms with E-state index in [4.69, 9.17) is 0 Å². The van der Waals surface area contributed by atoms with E-state index in [2.05, 4.69) is 26.2 Å². The van der Waals surface area contributed by atoms with E-state index in [9.17, 15) is 9.59 Å². The van der Waals surface area contributed by atoms with E-state index in [-0.39, 0.29) is 17.7 Å². The second kappa shape index (κ2) is 6.93. The fourth-order valence-electron chi connectivity index (χ4n) is 4.38. The summed E-state index contributed by atoms with van der Waals surface area (Å²) in [6.45, 7) is 2.05. The average molecular weight is 364 g/mol. The molecular weight excluding hydrogens is 340 g/mol. The van der Waals surface area contributed by atoms with E-state index in [0.717, 1.165) is 24.7 Å². The molecule has 2 N–H and O–H groups in total. The number of carbonyl (C=O) groups excluding carboxylic acids is 2. The summed E-state index contributed by atoms with van der Waals surface area (Å²) in [7, 11) is 0. The fraction of sp³-hybridized carbons (Fsp3) is 0.812. The van der Waals surface area contributed by atoms with Crippen LogP contribution >= 0.6 is 11.8 Å². The predicted octanol–water partition coefficient (Wildman–Crippen LogP) is 1.75. The number of rotatable bonds is 6. The lowest BCUT2D eigenvalue weighted by Crippen LogP contribution is -2.47. The Morgan fingerprint density at radius 3 is 2.80 bits per heavy atom. The molecule has 25 heavy (non-hydrogen) atoms. The van der Waals surface area contributed by atoms with Gasteiger partial charge in [-0.25, -0.2) is 9.48 Å². The minimum Gasteiger partial charge on any atom is -0.335 e. The Hall–Kier alpha value is -1.64. The smallest absolute Gasteiger partial charge is 0.321 e. The van der Waals surface area contributed by atoms with Gasteiger partial charge in [0.2, 0.25) is 11.1 Å². The third kappa shape index (κ3) is 3.80. The molecule has 3 aliphatic carbocycles. The summed E-state index contributed by atoms with van der Waals surface area (Å²) in [5.74, 6) is 1.94. The van der Waals surface area contributed by atoms with Gasteiger partial charge >= 0.3 is 6.03 Å². The highest BCUT2D eigenvalue weighted by Crippen LogP contribution is 2.49. The van der Waals surface area contributed by atoms with Crippen LogP contribution in [0.15, 0.2) is 5.16 Å². The van der Waals surface area contributed by atoms with Gasteiger partial charge in [-0.3, -0.25) is 10.1 Å². The van der Waals surface area contributed by atoms with Gasteiger partial charge in [-0.1, -0.05) is 18.2 Å². The lowest BCUT2D eigenvalue weighted by Gasteiger charge is -2.28. The number of carbonyl (C=O) groups is 2. The van der Waals surface area contributed by atoms with Gasteiger partial charge in [-0.15, -0.1) is 5.10 Å². The van der Waals surface area contributed by atoms with E-state index in [1.807, 2.05) is 6.92 Å². The molecule has 1 heterocycles. The highest BCUT2D eigenvalue weighted by Gasteiger charge is 2.42. The van der Waals surface area contributed by atoms with Crippen molar-refractivity contribution in [2.24, 2.45) is 17.8 Å². The SMILES string of the molecule is C[C@@H](NC(=O)NC(=O)CSc1nnnn1C1CC1)[C@@H]1C[C@H]2CC[C@H]1C2. The first-order valence-electron chi connectivity index (χ1n) is 9.11. The molecule has 3 fully saturated rings. The molecule has 3 aliphatic rings. The summed E-state index contributed by atoms with van der Waals surface area (Å²) in [6, 6.07) is 0.0760. The minimum absolute atomic E-state index is 0.109. The van der Waals surface area contributed by atoms with E-state index in [1.165, 1.54) is 37.4 Å². The van der Waals surface area contributed by atoms with Gasteiger partial charge in [-0.2, -0.15) is 0 Å². The van der Waals surface area contributed by atoms with Crippen LogP contribution in [0.5, 0.6) is 0 Å². The van der Waals surface area contributed by atoms with Crippen molar-refractivity contribution < 1.29 is 9.59 Å². The summed E-state index contributed by atoms with van der Waals surface area (Å²) >= 11 is 1.26. The predicted molar refractivity (Wildman–Crippen MR) is 91.9 cm³/mol. The van der Waals surface area contributed by atoms with Gasteiger partial charge in [0.15, 0.2) is 0 Å². The zero-order valence-electron chi connectivity index (χ0n) is 14.4. The Balaban J connectivity index is 1.21. The van der Waals surface area contributed by atoms with Crippen molar-refractivity contribution in [1.29, 1.82) is 0 Å². The van der Waals surface area contributed by atoms with Crippen LogP contribution in [-0.2, 0) is 4.79 Å². The molecule has 136 valence electrons. The Labute approximate surface area is 150 Å². The zero-order chi connectivity index (χ0) is 17.4. The Bertz CT molecular complexity index is 661. The summed E-state index contributed by atoms with van der Waals surface area (Å²) in [4.78, 5) is 24.1. The standard InChI is InChI=1S/C16H24N6O2S/c1-9(13-7-10-2-3-11(13)6-10)17-15(24)18-14(23)8-25-16-19-20-21-22(16)12-4-5-12/h9-13H,2-8H2,1H3,(H2,17,18,23,24)/t9-,10+,11+,13+/m1/s1. The van der Waals surface area contributed by atoms with Crippen molar-refractivity contribution in [1.82, 2.24) is 30.8 Å².